The number of hydrogen-bond donors (Lipinski definition) is 2. The van der Waals surface area contributed by atoms with E-state index in [2.05, 4.69) is 10.3 Å². The fourth-order valence-corrected chi connectivity index (χ4v) is 3.70. The third-order valence-electron chi connectivity index (χ3n) is 5.28. The van der Waals surface area contributed by atoms with Gasteiger partial charge < -0.3 is 10.2 Å². The molecule has 1 aromatic heterocycles. The maximum atomic E-state index is 12.4. The molecule has 1 aliphatic heterocycles. The highest BCUT2D eigenvalue weighted by Gasteiger charge is 2.19. The molecule has 3 aromatic rings. The number of anilines is 1. The van der Waals surface area contributed by atoms with Gasteiger partial charge in [0.05, 0.1) is 10.9 Å². The summed E-state index contributed by atoms with van der Waals surface area (Å²) in [6.07, 6.45) is 2.13. The number of fused-ring (bicyclic) bond motifs is 1. The van der Waals surface area contributed by atoms with E-state index in [1.807, 2.05) is 4.90 Å². The van der Waals surface area contributed by atoms with Gasteiger partial charge in [0.1, 0.15) is 0 Å². The highest BCUT2D eigenvalue weighted by atomic mass is 16.2. The lowest BCUT2D eigenvalue weighted by molar-refractivity contribution is -0.116. The Hall–Kier alpha value is -3.68. The van der Waals surface area contributed by atoms with Gasteiger partial charge in [-0.15, -0.1) is 0 Å². The van der Waals surface area contributed by atoms with Crippen molar-refractivity contribution in [2.75, 3.05) is 18.4 Å². The van der Waals surface area contributed by atoms with Crippen LogP contribution in [0.4, 0.5) is 5.69 Å². The number of aryl methyl sites for hydroxylation is 1. The van der Waals surface area contributed by atoms with Gasteiger partial charge in [-0.3, -0.25) is 23.9 Å². The molecule has 8 nitrogen and oxygen atoms in total. The molecule has 1 aliphatic rings. The third-order valence-corrected chi connectivity index (χ3v) is 5.28. The van der Waals surface area contributed by atoms with Crippen LogP contribution in [-0.2, 0) is 11.3 Å². The Labute approximate surface area is 172 Å². The van der Waals surface area contributed by atoms with Crippen LogP contribution < -0.4 is 16.6 Å². The molecule has 4 rings (SSSR count). The van der Waals surface area contributed by atoms with Gasteiger partial charge in [0, 0.05) is 37.3 Å². The van der Waals surface area contributed by atoms with Gasteiger partial charge >= 0.3 is 5.69 Å². The lowest BCUT2D eigenvalue weighted by atomic mass is 10.2. The smallest absolute Gasteiger partial charge is 0.328 e. The largest absolute Gasteiger partial charge is 0.339 e. The number of aromatic amines is 1. The van der Waals surface area contributed by atoms with Crippen molar-refractivity contribution in [3.8, 4) is 0 Å². The predicted octanol–water partition coefficient (Wildman–Crippen LogP) is 1.95. The maximum absolute atomic E-state index is 12.4. The summed E-state index contributed by atoms with van der Waals surface area (Å²) < 4.78 is 1.38. The van der Waals surface area contributed by atoms with E-state index >= 15 is 0 Å². The first-order valence-electron chi connectivity index (χ1n) is 9.94. The van der Waals surface area contributed by atoms with Gasteiger partial charge in [-0.2, -0.15) is 0 Å². The number of likely N-dealkylation sites (tertiary alicyclic amines) is 1. The van der Waals surface area contributed by atoms with Gasteiger partial charge in [0.25, 0.3) is 11.5 Å². The van der Waals surface area contributed by atoms with Crippen molar-refractivity contribution in [3.05, 3.63) is 74.9 Å². The first-order chi connectivity index (χ1) is 14.5. The van der Waals surface area contributed by atoms with Crippen molar-refractivity contribution >= 4 is 28.4 Å². The Bertz CT molecular complexity index is 1200. The monoisotopic (exact) mass is 406 g/mol. The number of rotatable bonds is 5. The topological polar surface area (TPSA) is 104 Å². The minimum absolute atomic E-state index is 0.00898. The Morgan fingerprint density at radius 2 is 1.67 bits per heavy atom. The van der Waals surface area contributed by atoms with Gasteiger partial charge in [-0.1, -0.05) is 12.1 Å². The van der Waals surface area contributed by atoms with E-state index in [0.717, 1.165) is 25.9 Å². The summed E-state index contributed by atoms with van der Waals surface area (Å²) in [5.74, 6) is -0.259. The molecule has 0 saturated carbocycles. The molecule has 1 saturated heterocycles. The molecule has 2 aromatic carbocycles. The Balaban J connectivity index is 1.41. The molecular formula is C22H22N4O4. The van der Waals surface area contributed by atoms with Crippen LogP contribution in [0.5, 0.6) is 0 Å². The zero-order valence-corrected chi connectivity index (χ0v) is 16.4. The minimum atomic E-state index is -0.545. The molecule has 154 valence electrons. The molecular weight excluding hydrogens is 384 g/mol. The number of para-hydroxylation sites is 1. The number of carbonyl (C=O) groups excluding carboxylic acids is 2. The molecule has 0 unspecified atom stereocenters. The number of amides is 2. The quantitative estimate of drug-likeness (QED) is 0.676. The number of benzene rings is 2. The SMILES string of the molecule is O=C(CCn1c(=O)[nH]c(=O)c2ccccc21)Nc1ccc(C(=O)N2CCCC2)cc1. The predicted molar refractivity (Wildman–Crippen MR) is 114 cm³/mol. The summed E-state index contributed by atoms with van der Waals surface area (Å²) >= 11 is 0. The van der Waals surface area contributed by atoms with Crippen LogP contribution in [0.1, 0.15) is 29.6 Å². The molecule has 8 heteroatoms. The van der Waals surface area contributed by atoms with Crippen molar-refractivity contribution in [1.82, 2.24) is 14.5 Å². The van der Waals surface area contributed by atoms with Gasteiger partial charge in [0.15, 0.2) is 0 Å². The van der Waals surface area contributed by atoms with Crippen molar-refractivity contribution < 1.29 is 9.59 Å². The average molecular weight is 406 g/mol. The summed E-state index contributed by atoms with van der Waals surface area (Å²) in [7, 11) is 0. The van der Waals surface area contributed by atoms with E-state index in [-0.39, 0.29) is 24.8 Å². The lowest BCUT2D eigenvalue weighted by Crippen LogP contribution is -2.31. The standard InChI is InChI=1S/C22H22N4O4/c27-19(11-14-26-18-6-2-1-5-17(18)20(28)24-22(26)30)23-16-9-7-15(8-10-16)21(29)25-12-3-4-13-25/h1-2,5-10H,3-4,11-14H2,(H,23,27)(H,24,28,30). The average Bonchev–Trinajstić information content (AvgIpc) is 3.28. The molecule has 2 heterocycles. The number of hydrogen-bond acceptors (Lipinski definition) is 4. The first kappa shape index (κ1) is 19.6. The molecule has 2 amide bonds. The summed E-state index contributed by atoms with van der Waals surface area (Å²) in [5, 5.41) is 3.17. The van der Waals surface area contributed by atoms with E-state index in [9.17, 15) is 19.2 Å². The van der Waals surface area contributed by atoms with E-state index in [1.54, 1.807) is 48.5 Å². The van der Waals surface area contributed by atoms with Crippen molar-refractivity contribution in [3.63, 3.8) is 0 Å². The number of nitrogens with one attached hydrogen (secondary N) is 2. The molecule has 0 aliphatic carbocycles. The molecule has 30 heavy (non-hydrogen) atoms. The third kappa shape index (κ3) is 4.03. The number of aromatic nitrogens is 2. The fourth-order valence-electron chi connectivity index (χ4n) is 3.70. The number of H-pyrrole nitrogens is 1. The summed E-state index contributed by atoms with van der Waals surface area (Å²) in [5.41, 5.74) is 0.679. The van der Waals surface area contributed by atoms with Gasteiger partial charge in [0.2, 0.25) is 5.91 Å². The van der Waals surface area contributed by atoms with Crippen LogP contribution in [0.25, 0.3) is 10.9 Å². The van der Waals surface area contributed by atoms with Crippen LogP contribution >= 0.6 is 0 Å². The van der Waals surface area contributed by atoms with Gasteiger partial charge in [-0.05, 0) is 49.2 Å². The van der Waals surface area contributed by atoms with Crippen LogP contribution in [0.2, 0.25) is 0 Å². The van der Waals surface area contributed by atoms with E-state index in [1.165, 1.54) is 4.57 Å². The van der Waals surface area contributed by atoms with Gasteiger partial charge in [-0.25, -0.2) is 4.79 Å². The second-order valence-electron chi connectivity index (χ2n) is 7.30. The lowest BCUT2D eigenvalue weighted by Gasteiger charge is -2.15. The molecule has 0 radical (unpaired) electrons. The highest BCUT2D eigenvalue weighted by molar-refractivity contribution is 5.96. The van der Waals surface area contributed by atoms with E-state index in [0.29, 0.717) is 22.2 Å². The molecule has 2 N–H and O–H groups in total. The van der Waals surface area contributed by atoms with E-state index < -0.39 is 11.2 Å². The number of nitrogens with zero attached hydrogens (tertiary/aromatic N) is 2. The zero-order valence-electron chi connectivity index (χ0n) is 16.4. The molecule has 1 fully saturated rings. The van der Waals surface area contributed by atoms with Crippen molar-refractivity contribution in [2.45, 2.75) is 25.8 Å². The van der Waals surface area contributed by atoms with Crippen molar-refractivity contribution in [2.24, 2.45) is 0 Å². The maximum Gasteiger partial charge on any atom is 0.328 e. The summed E-state index contributed by atoms with van der Waals surface area (Å²) in [6.45, 7) is 1.71. The first-order valence-corrected chi connectivity index (χ1v) is 9.94. The highest BCUT2D eigenvalue weighted by Crippen LogP contribution is 2.16. The second kappa shape index (κ2) is 8.36. The van der Waals surface area contributed by atoms with Crippen LogP contribution in [0, 0.1) is 0 Å². The van der Waals surface area contributed by atoms with Crippen molar-refractivity contribution in [1.29, 1.82) is 0 Å². The molecule has 0 atom stereocenters. The Morgan fingerprint density at radius 1 is 0.967 bits per heavy atom. The molecule has 0 spiro atoms. The summed E-state index contributed by atoms with van der Waals surface area (Å²) in [6, 6.07) is 13.6. The van der Waals surface area contributed by atoms with E-state index in [4.69, 9.17) is 0 Å². The minimum Gasteiger partial charge on any atom is -0.339 e. The zero-order chi connectivity index (χ0) is 21.1. The second-order valence-corrected chi connectivity index (χ2v) is 7.30. The molecule has 0 bridgehead atoms. The van der Waals surface area contributed by atoms with Crippen LogP contribution in [0.3, 0.4) is 0 Å². The Morgan fingerprint density at radius 3 is 2.40 bits per heavy atom. The normalized spacial score (nSPS) is 13.5. The van der Waals surface area contributed by atoms with Crippen LogP contribution in [-0.4, -0.2) is 39.4 Å². The summed E-state index contributed by atoms with van der Waals surface area (Å²) in [4.78, 5) is 52.9. The van der Waals surface area contributed by atoms with Crippen LogP contribution in [0.15, 0.2) is 58.1 Å². The Kier molecular flexibility index (Phi) is 5.47. The fraction of sp³-hybridized carbons (Fsp3) is 0.273. The number of carbonyl (C=O) groups is 2.